The molecule has 1 saturated heterocycles. The molecular weight excluding hydrogens is 238 g/mol. The van der Waals surface area contributed by atoms with Gasteiger partial charge in [-0.15, -0.1) is 0 Å². The fraction of sp³-hybridized carbons (Fsp3) is 0.273. The Morgan fingerprint density at radius 3 is 2.89 bits per heavy atom. The van der Waals surface area contributed by atoms with E-state index in [4.69, 9.17) is 0 Å². The maximum atomic E-state index is 12.1. The van der Waals surface area contributed by atoms with E-state index in [2.05, 4.69) is 10.3 Å². The van der Waals surface area contributed by atoms with E-state index in [-0.39, 0.29) is 17.9 Å². The Hall–Kier alpha value is -2.44. The van der Waals surface area contributed by atoms with Crippen molar-refractivity contribution in [1.29, 1.82) is 0 Å². The van der Waals surface area contributed by atoms with Crippen LogP contribution in [0.1, 0.15) is 17.3 Å². The van der Waals surface area contributed by atoms with Crippen molar-refractivity contribution in [2.45, 2.75) is 13.0 Å². The molecule has 7 heteroatoms. The summed E-state index contributed by atoms with van der Waals surface area (Å²) in [4.78, 5) is 39.6. The molecule has 1 aliphatic rings. The molecule has 0 saturated carbocycles. The normalized spacial score (nSPS) is 19.6. The van der Waals surface area contributed by atoms with Crippen molar-refractivity contribution in [2.75, 3.05) is 6.54 Å². The van der Waals surface area contributed by atoms with Crippen LogP contribution in [-0.4, -0.2) is 45.3 Å². The van der Waals surface area contributed by atoms with Gasteiger partial charge in [0.2, 0.25) is 11.8 Å². The van der Waals surface area contributed by atoms with Gasteiger partial charge in [0, 0.05) is 6.20 Å². The molecule has 1 aromatic rings. The first kappa shape index (κ1) is 12.0. The molecule has 3 amide bonds. The van der Waals surface area contributed by atoms with Gasteiger partial charge in [0.1, 0.15) is 18.3 Å². The third kappa shape index (κ3) is 2.15. The molecule has 1 unspecified atom stereocenters. The zero-order valence-corrected chi connectivity index (χ0v) is 9.58. The lowest BCUT2D eigenvalue weighted by Crippen LogP contribution is -2.58. The Morgan fingerprint density at radius 2 is 2.22 bits per heavy atom. The Morgan fingerprint density at radius 1 is 1.50 bits per heavy atom. The Kier molecular flexibility index (Phi) is 2.97. The summed E-state index contributed by atoms with van der Waals surface area (Å²) in [6.07, 6.45) is 2.46. The highest BCUT2D eigenvalue weighted by molar-refractivity contribution is 6.07. The van der Waals surface area contributed by atoms with Crippen LogP contribution in [0.5, 0.6) is 5.75 Å². The number of imide groups is 1. The van der Waals surface area contributed by atoms with Crippen molar-refractivity contribution in [2.24, 2.45) is 0 Å². The van der Waals surface area contributed by atoms with Gasteiger partial charge in [-0.05, 0) is 13.0 Å². The lowest BCUT2D eigenvalue weighted by atomic mass is 10.1. The lowest BCUT2D eigenvalue weighted by molar-refractivity contribution is -0.138. The molecule has 18 heavy (non-hydrogen) atoms. The fourth-order valence-electron chi connectivity index (χ4n) is 1.67. The van der Waals surface area contributed by atoms with E-state index in [0.717, 1.165) is 4.90 Å². The number of amides is 3. The topological polar surface area (TPSA) is 99.6 Å². The molecule has 0 aromatic carbocycles. The highest BCUT2D eigenvalue weighted by Gasteiger charge is 2.34. The monoisotopic (exact) mass is 249 g/mol. The molecule has 1 atom stereocenters. The summed E-state index contributed by atoms with van der Waals surface area (Å²) in [6.45, 7) is 1.33. The standard InChI is InChI=1S/C11H11N3O4/c1-6-10(17)13-9(16)5-14(6)11(18)7-2-8(15)4-12-3-7/h2-4,6,15H,5H2,1H3,(H,13,16,17). The van der Waals surface area contributed by atoms with Crippen molar-refractivity contribution >= 4 is 17.7 Å². The van der Waals surface area contributed by atoms with Crippen LogP contribution < -0.4 is 5.32 Å². The second-order valence-corrected chi connectivity index (χ2v) is 3.95. The molecule has 2 N–H and O–H groups in total. The molecular formula is C11H11N3O4. The average Bonchev–Trinajstić information content (AvgIpc) is 2.33. The number of aromatic hydroxyl groups is 1. The molecule has 0 radical (unpaired) electrons. The van der Waals surface area contributed by atoms with Crippen molar-refractivity contribution in [3.63, 3.8) is 0 Å². The quantitative estimate of drug-likeness (QED) is 0.639. The van der Waals surface area contributed by atoms with Crippen molar-refractivity contribution in [3.05, 3.63) is 24.0 Å². The van der Waals surface area contributed by atoms with Crippen LogP contribution in [0.25, 0.3) is 0 Å². The van der Waals surface area contributed by atoms with Crippen LogP contribution in [0.15, 0.2) is 18.5 Å². The highest BCUT2D eigenvalue weighted by Crippen LogP contribution is 2.14. The summed E-state index contributed by atoms with van der Waals surface area (Å²) >= 11 is 0. The number of aromatic nitrogens is 1. The smallest absolute Gasteiger partial charge is 0.256 e. The molecule has 0 bridgehead atoms. The summed E-state index contributed by atoms with van der Waals surface area (Å²) in [5.74, 6) is -1.72. The van der Waals surface area contributed by atoms with E-state index in [1.807, 2.05) is 0 Å². The minimum Gasteiger partial charge on any atom is -0.506 e. The molecule has 2 rings (SSSR count). The fourth-order valence-corrected chi connectivity index (χ4v) is 1.67. The first-order valence-corrected chi connectivity index (χ1v) is 5.27. The second-order valence-electron chi connectivity index (χ2n) is 3.95. The van der Waals surface area contributed by atoms with Crippen molar-refractivity contribution in [3.8, 4) is 5.75 Å². The maximum absolute atomic E-state index is 12.1. The van der Waals surface area contributed by atoms with Gasteiger partial charge in [-0.1, -0.05) is 0 Å². The number of nitrogens with one attached hydrogen (secondary N) is 1. The number of rotatable bonds is 1. The highest BCUT2D eigenvalue weighted by atomic mass is 16.3. The van der Waals surface area contributed by atoms with E-state index in [1.54, 1.807) is 0 Å². The molecule has 7 nitrogen and oxygen atoms in total. The summed E-state index contributed by atoms with van der Waals surface area (Å²) < 4.78 is 0. The van der Waals surface area contributed by atoms with Gasteiger partial charge in [0.05, 0.1) is 11.8 Å². The molecule has 1 aromatic heterocycles. The van der Waals surface area contributed by atoms with Crippen LogP contribution in [0.3, 0.4) is 0 Å². The number of piperazine rings is 1. The average molecular weight is 249 g/mol. The number of carbonyl (C=O) groups excluding carboxylic acids is 3. The van der Waals surface area contributed by atoms with E-state index in [1.165, 1.54) is 25.4 Å². The minimum absolute atomic E-state index is 0.129. The van der Waals surface area contributed by atoms with Crippen LogP contribution in [0.4, 0.5) is 0 Å². The predicted molar refractivity (Wildman–Crippen MR) is 59.6 cm³/mol. The minimum atomic E-state index is -0.738. The molecule has 0 spiro atoms. The van der Waals surface area contributed by atoms with Gasteiger partial charge in [0.15, 0.2) is 0 Å². The summed E-state index contributed by atoms with van der Waals surface area (Å²) in [5, 5.41) is 11.4. The Labute approximate surface area is 102 Å². The van der Waals surface area contributed by atoms with Gasteiger partial charge in [-0.25, -0.2) is 0 Å². The number of hydrogen-bond acceptors (Lipinski definition) is 5. The third-order valence-corrected chi connectivity index (χ3v) is 2.66. The first-order valence-electron chi connectivity index (χ1n) is 5.27. The van der Waals surface area contributed by atoms with Crippen molar-refractivity contribution in [1.82, 2.24) is 15.2 Å². The number of hydrogen-bond donors (Lipinski definition) is 2. The molecule has 1 fully saturated rings. The SMILES string of the molecule is CC1C(=O)NC(=O)CN1C(=O)c1cncc(O)c1. The summed E-state index contributed by atoms with van der Waals surface area (Å²) in [5.41, 5.74) is 0.129. The van der Waals surface area contributed by atoms with E-state index in [0.29, 0.717) is 0 Å². The van der Waals surface area contributed by atoms with E-state index >= 15 is 0 Å². The van der Waals surface area contributed by atoms with Crippen LogP contribution in [0, 0.1) is 0 Å². The molecule has 1 aliphatic heterocycles. The predicted octanol–water partition coefficient (Wildman–Crippen LogP) is -0.726. The Balaban J connectivity index is 2.27. The molecule has 94 valence electrons. The zero-order valence-electron chi connectivity index (χ0n) is 9.58. The largest absolute Gasteiger partial charge is 0.506 e. The van der Waals surface area contributed by atoms with Gasteiger partial charge in [-0.2, -0.15) is 0 Å². The zero-order chi connectivity index (χ0) is 13.3. The lowest BCUT2D eigenvalue weighted by Gasteiger charge is -2.31. The molecule has 0 aliphatic carbocycles. The summed E-state index contributed by atoms with van der Waals surface area (Å²) in [7, 11) is 0. The Bertz CT molecular complexity index is 529. The van der Waals surface area contributed by atoms with Gasteiger partial charge < -0.3 is 10.0 Å². The van der Waals surface area contributed by atoms with Gasteiger partial charge in [0.25, 0.3) is 5.91 Å². The maximum Gasteiger partial charge on any atom is 0.256 e. The van der Waals surface area contributed by atoms with E-state index < -0.39 is 23.8 Å². The van der Waals surface area contributed by atoms with Crippen LogP contribution >= 0.6 is 0 Å². The van der Waals surface area contributed by atoms with Crippen molar-refractivity contribution < 1.29 is 19.5 Å². The van der Waals surface area contributed by atoms with Crippen LogP contribution in [0.2, 0.25) is 0 Å². The van der Waals surface area contributed by atoms with Gasteiger partial charge in [-0.3, -0.25) is 24.7 Å². The second kappa shape index (κ2) is 4.44. The van der Waals surface area contributed by atoms with Crippen LogP contribution in [-0.2, 0) is 9.59 Å². The number of nitrogens with zero attached hydrogens (tertiary/aromatic N) is 2. The molecule has 2 heterocycles. The number of carbonyl (C=O) groups is 3. The number of pyridine rings is 1. The third-order valence-electron chi connectivity index (χ3n) is 2.66. The summed E-state index contributed by atoms with van der Waals surface area (Å²) in [6, 6.07) is 0.497. The van der Waals surface area contributed by atoms with E-state index in [9.17, 15) is 19.5 Å². The first-order chi connectivity index (χ1) is 8.49. The van der Waals surface area contributed by atoms with Gasteiger partial charge >= 0.3 is 0 Å².